The van der Waals surface area contributed by atoms with E-state index >= 15 is 0 Å². The zero-order chi connectivity index (χ0) is 8.91. The first-order chi connectivity index (χ1) is 4.66. The Hall–Kier alpha value is 0.600. The lowest BCUT2D eigenvalue weighted by molar-refractivity contribution is -0.364. The molecule has 1 aliphatic heterocycles. The molecule has 0 aliphatic carbocycles. The number of ether oxygens (including phenoxy) is 2. The number of rotatable bonds is 0. The van der Waals surface area contributed by atoms with E-state index in [2.05, 4.69) is 9.47 Å². The molecular weight excluding hydrogens is 304 g/mol. The molecule has 1 rings (SSSR count). The molecule has 0 bridgehead atoms. The smallest absolute Gasteiger partial charge is 0.242 e. The van der Waals surface area contributed by atoms with Crippen molar-refractivity contribution in [1.82, 2.24) is 0 Å². The normalized spacial score (nSPS) is 49.6. The Morgan fingerprint density at radius 2 is 1.09 bits per heavy atom. The lowest BCUT2D eigenvalue weighted by atomic mass is 10.7. The SMILES string of the molecule is FC1(F)O[C@@](F)(Br)[C@](F)(Br)O1. The molecule has 66 valence electrons. The van der Waals surface area contributed by atoms with Gasteiger partial charge in [-0.1, -0.05) is 0 Å². The quantitative estimate of drug-likeness (QED) is 0.506. The molecular formula is C3Br2F4O2. The van der Waals surface area contributed by atoms with Gasteiger partial charge in [-0.25, -0.2) is 9.47 Å². The van der Waals surface area contributed by atoms with Gasteiger partial charge in [-0.15, -0.1) is 8.78 Å². The minimum atomic E-state index is -4.28. The first-order valence-corrected chi connectivity index (χ1v) is 3.79. The molecule has 11 heavy (non-hydrogen) atoms. The lowest BCUT2D eigenvalue weighted by Crippen LogP contribution is -2.33. The molecule has 0 radical (unpaired) electrons. The topological polar surface area (TPSA) is 18.5 Å². The van der Waals surface area contributed by atoms with Crippen LogP contribution < -0.4 is 0 Å². The van der Waals surface area contributed by atoms with Crippen molar-refractivity contribution in [3.05, 3.63) is 0 Å². The van der Waals surface area contributed by atoms with Crippen molar-refractivity contribution in [2.75, 3.05) is 0 Å². The summed E-state index contributed by atoms with van der Waals surface area (Å²) in [6.07, 6.45) is -4.28. The van der Waals surface area contributed by atoms with Crippen LogP contribution >= 0.6 is 31.9 Å². The van der Waals surface area contributed by atoms with Crippen molar-refractivity contribution in [2.45, 2.75) is 15.8 Å². The molecule has 0 aromatic rings. The third-order valence-electron chi connectivity index (χ3n) is 0.833. The van der Waals surface area contributed by atoms with E-state index in [1.165, 1.54) is 0 Å². The van der Waals surface area contributed by atoms with Gasteiger partial charge in [-0.05, 0) is 31.9 Å². The number of alkyl halides is 6. The summed E-state index contributed by atoms with van der Waals surface area (Å²) < 4.78 is 48.7. The second-order valence-corrected chi connectivity index (χ2v) is 3.74. The maximum atomic E-state index is 12.6. The van der Waals surface area contributed by atoms with E-state index in [1.807, 2.05) is 31.9 Å². The van der Waals surface area contributed by atoms with E-state index in [0.29, 0.717) is 0 Å². The predicted molar refractivity (Wildman–Crippen MR) is 32.6 cm³/mol. The Balaban J connectivity index is 2.89. The molecule has 0 aromatic heterocycles. The largest absolute Gasteiger partial charge is 0.492 e. The van der Waals surface area contributed by atoms with E-state index in [9.17, 15) is 17.6 Å². The third-order valence-corrected chi connectivity index (χ3v) is 2.71. The van der Waals surface area contributed by atoms with Gasteiger partial charge in [0, 0.05) is 0 Å². The van der Waals surface area contributed by atoms with Crippen LogP contribution in [0.2, 0.25) is 0 Å². The van der Waals surface area contributed by atoms with Crippen molar-refractivity contribution < 1.29 is 27.0 Å². The molecule has 8 heteroatoms. The van der Waals surface area contributed by atoms with Gasteiger partial charge in [-0.3, -0.25) is 0 Å². The van der Waals surface area contributed by atoms with Crippen LogP contribution in [0.1, 0.15) is 0 Å². The second kappa shape index (κ2) is 2.30. The molecule has 1 heterocycles. The summed E-state index contributed by atoms with van der Waals surface area (Å²) in [5.74, 6) is 0. The maximum absolute atomic E-state index is 12.6. The van der Waals surface area contributed by atoms with Crippen molar-refractivity contribution in [3.8, 4) is 0 Å². The maximum Gasteiger partial charge on any atom is 0.492 e. The first kappa shape index (κ1) is 9.69. The molecule has 1 saturated heterocycles. The van der Waals surface area contributed by atoms with Gasteiger partial charge in [0.05, 0.1) is 0 Å². The summed E-state index contributed by atoms with van der Waals surface area (Å²) in [6, 6.07) is 0. The van der Waals surface area contributed by atoms with Crippen LogP contribution in [0.3, 0.4) is 0 Å². The number of hydrogen-bond acceptors (Lipinski definition) is 2. The minimum Gasteiger partial charge on any atom is -0.242 e. The van der Waals surface area contributed by atoms with Gasteiger partial charge in [0.2, 0.25) is 0 Å². The number of hydrogen-bond donors (Lipinski definition) is 0. The second-order valence-electron chi connectivity index (χ2n) is 1.70. The zero-order valence-corrected chi connectivity index (χ0v) is 7.76. The van der Waals surface area contributed by atoms with Crippen LogP contribution in [-0.2, 0) is 9.47 Å². The highest BCUT2D eigenvalue weighted by atomic mass is 79.9. The van der Waals surface area contributed by atoms with Crippen molar-refractivity contribution in [2.24, 2.45) is 0 Å². The van der Waals surface area contributed by atoms with Gasteiger partial charge < -0.3 is 0 Å². The summed E-state index contributed by atoms with van der Waals surface area (Å²) in [7, 11) is 0. The third kappa shape index (κ3) is 1.68. The molecule has 0 saturated carbocycles. The Kier molecular flexibility index (Phi) is 2.03. The molecule has 1 fully saturated rings. The van der Waals surface area contributed by atoms with Crippen LogP contribution in [0.25, 0.3) is 0 Å². The summed E-state index contributed by atoms with van der Waals surface area (Å²) in [5.41, 5.74) is 0. The first-order valence-electron chi connectivity index (χ1n) is 2.20. The Morgan fingerprint density at radius 1 is 0.818 bits per heavy atom. The van der Waals surface area contributed by atoms with Gasteiger partial charge in [0.15, 0.2) is 0 Å². The average Bonchev–Trinajstić information content (AvgIpc) is 1.66. The molecule has 0 N–H and O–H groups in total. The number of halogens is 6. The molecule has 0 spiro atoms. The molecule has 2 atom stereocenters. The highest BCUT2D eigenvalue weighted by Crippen LogP contribution is 2.54. The van der Waals surface area contributed by atoms with Gasteiger partial charge in [0.1, 0.15) is 0 Å². The fourth-order valence-corrected chi connectivity index (χ4v) is 0.977. The van der Waals surface area contributed by atoms with E-state index in [-0.39, 0.29) is 0 Å². The molecule has 0 amide bonds. The van der Waals surface area contributed by atoms with Crippen LogP contribution in [0.4, 0.5) is 17.6 Å². The Labute approximate surface area is 75.1 Å². The summed E-state index contributed by atoms with van der Waals surface area (Å²) in [6.45, 7) is 0. The van der Waals surface area contributed by atoms with Gasteiger partial charge >= 0.3 is 15.8 Å². The summed E-state index contributed by atoms with van der Waals surface area (Å²) >= 11 is 3.85. The fraction of sp³-hybridized carbons (Fsp3) is 1.00. The fourth-order valence-electron chi connectivity index (χ4n) is 0.438. The molecule has 2 nitrogen and oxygen atoms in total. The molecule has 0 unspecified atom stereocenters. The van der Waals surface area contributed by atoms with E-state index < -0.39 is 15.8 Å². The van der Waals surface area contributed by atoms with Crippen molar-refractivity contribution >= 4 is 31.9 Å². The van der Waals surface area contributed by atoms with Crippen LogP contribution in [-0.4, -0.2) is 15.8 Å². The highest BCUT2D eigenvalue weighted by Gasteiger charge is 2.69. The predicted octanol–water partition coefficient (Wildman–Crippen LogP) is 2.62. The minimum absolute atomic E-state index is 1.92. The van der Waals surface area contributed by atoms with E-state index in [0.717, 1.165) is 0 Å². The van der Waals surface area contributed by atoms with Crippen LogP contribution in [0.15, 0.2) is 0 Å². The van der Waals surface area contributed by atoms with Crippen LogP contribution in [0.5, 0.6) is 0 Å². The monoisotopic (exact) mass is 302 g/mol. The van der Waals surface area contributed by atoms with Gasteiger partial charge in [-0.2, -0.15) is 8.78 Å². The van der Waals surface area contributed by atoms with Crippen molar-refractivity contribution in [1.29, 1.82) is 0 Å². The standard InChI is InChI=1S/C3Br2F4O2/c4-1(6)2(5,7)11-3(8,9)10-1/t1-,2-/m1/s1. The van der Waals surface area contributed by atoms with Crippen LogP contribution in [0, 0.1) is 0 Å². The summed E-state index contributed by atoms with van der Waals surface area (Å²) in [4.78, 5) is 0. The molecule has 1 aliphatic rings. The lowest BCUT2D eigenvalue weighted by Gasteiger charge is -2.15. The average molecular weight is 304 g/mol. The van der Waals surface area contributed by atoms with Crippen molar-refractivity contribution in [3.63, 3.8) is 0 Å². The molecule has 0 aromatic carbocycles. The zero-order valence-electron chi connectivity index (χ0n) is 4.58. The Bertz CT molecular complexity index is 164. The van der Waals surface area contributed by atoms with Gasteiger partial charge in [0.25, 0.3) is 0 Å². The van der Waals surface area contributed by atoms with E-state index in [4.69, 9.17) is 0 Å². The summed E-state index contributed by atoms with van der Waals surface area (Å²) in [5, 5.41) is 0. The Morgan fingerprint density at radius 3 is 1.18 bits per heavy atom. The van der Waals surface area contributed by atoms with E-state index in [1.54, 1.807) is 0 Å². The highest BCUT2D eigenvalue weighted by molar-refractivity contribution is 9.12.